The highest BCUT2D eigenvalue weighted by Gasteiger charge is 2.24. The molecule has 2 aromatic carbocycles. The van der Waals surface area contributed by atoms with Gasteiger partial charge in [0, 0.05) is 16.8 Å². The predicted octanol–water partition coefficient (Wildman–Crippen LogP) is 4.37. The van der Waals surface area contributed by atoms with Crippen LogP contribution in [0.1, 0.15) is 26.7 Å². The summed E-state index contributed by atoms with van der Waals surface area (Å²) in [5.74, 6) is 0.978. The fourth-order valence-electron chi connectivity index (χ4n) is 2.99. The molecule has 0 aliphatic carbocycles. The maximum absolute atomic E-state index is 13.0. The van der Waals surface area contributed by atoms with Gasteiger partial charge in [-0.05, 0) is 38.9 Å². The molecule has 130 valence electrons. The molecule has 0 saturated carbocycles. The average Bonchev–Trinajstić information content (AvgIpc) is 2.65. The van der Waals surface area contributed by atoms with Crippen molar-refractivity contribution in [3.05, 3.63) is 60.7 Å². The number of rotatable bonds is 3. The first-order chi connectivity index (χ1) is 11.6. The minimum atomic E-state index is -2.40. The van der Waals surface area contributed by atoms with Gasteiger partial charge in [0.15, 0.2) is 0 Å². The third kappa shape index (κ3) is 5.06. The molecule has 1 aliphatic rings. The van der Waals surface area contributed by atoms with Gasteiger partial charge in [-0.25, -0.2) is 0 Å². The molecule has 2 nitrogen and oxygen atoms in total. The first kappa shape index (κ1) is 19.0. The van der Waals surface area contributed by atoms with Crippen LogP contribution >= 0.6 is 7.14 Å². The fraction of sp³-hybridized carbons (Fsp3) is 0.429. The number of hydrogen-bond acceptors (Lipinski definition) is 2. The van der Waals surface area contributed by atoms with E-state index in [2.05, 4.69) is 18.9 Å². The van der Waals surface area contributed by atoms with E-state index in [1.165, 1.54) is 25.9 Å². The number of piperidine rings is 1. The summed E-state index contributed by atoms with van der Waals surface area (Å²) >= 11 is 0. The van der Waals surface area contributed by atoms with E-state index in [-0.39, 0.29) is 0 Å². The molecular weight excluding hydrogens is 313 g/mol. The van der Waals surface area contributed by atoms with Gasteiger partial charge in [0.1, 0.15) is 7.14 Å². The van der Waals surface area contributed by atoms with Gasteiger partial charge < -0.3 is 9.46 Å². The van der Waals surface area contributed by atoms with Crippen LogP contribution in [-0.4, -0.2) is 31.2 Å². The summed E-state index contributed by atoms with van der Waals surface area (Å²) in [7, 11) is -0.205. The second kappa shape index (κ2) is 9.20. The van der Waals surface area contributed by atoms with E-state index in [1.807, 2.05) is 67.6 Å². The Morgan fingerprint density at radius 2 is 1.33 bits per heavy atom. The highest BCUT2D eigenvalue weighted by molar-refractivity contribution is 7.78. The molecular formula is C21H30NOP. The summed E-state index contributed by atoms with van der Waals surface area (Å²) in [4.78, 5) is 2.40. The zero-order chi connectivity index (χ0) is 17.4. The summed E-state index contributed by atoms with van der Waals surface area (Å²) in [5, 5.41) is 1.90. The van der Waals surface area contributed by atoms with Crippen molar-refractivity contribution in [1.29, 1.82) is 0 Å². The maximum Gasteiger partial charge on any atom is 0.142 e. The number of benzene rings is 2. The van der Waals surface area contributed by atoms with Gasteiger partial charge in [0.25, 0.3) is 0 Å². The van der Waals surface area contributed by atoms with Crippen LogP contribution < -0.4 is 10.6 Å². The SMILES string of the molecule is CC1CCN(C)CC1.CCP(=O)(c1ccccc1)c1ccccc1. The second-order valence-electron chi connectivity index (χ2n) is 6.71. The summed E-state index contributed by atoms with van der Waals surface area (Å²) in [6.07, 6.45) is 3.47. The van der Waals surface area contributed by atoms with Crippen molar-refractivity contribution in [2.75, 3.05) is 26.3 Å². The largest absolute Gasteiger partial charge is 0.314 e. The lowest BCUT2D eigenvalue weighted by Gasteiger charge is -2.26. The standard InChI is InChI=1S/C14H15OP.C7H15N/c1-2-16(15,13-9-5-3-6-10-13)14-11-7-4-8-12-14;1-7-3-5-8(2)6-4-7/h3-12H,2H2,1H3;7H,3-6H2,1-2H3. The number of nitrogens with zero attached hydrogens (tertiary/aromatic N) is 1. The third-order valence-electron chi connectivity index (χ3n) is 4.80. The molecule has 1 saturated heterocycles. The lowest BCUT2D eigenvalue weighted by Crippen LogP contribution is -2.28. The van der Waals surface area contributed by atoms with Gasteiger partial charge in [0.05, 0.1) is 0 Å². The molecule has 24 heavy (non-hydrogen) atoms. The van der Waals surface area contributed by atoms with Crippen LogP contribution in [0.2, 0.25) is 0 Å². The molecule has 1 heterocycles. The van der Waals surface area contributed by atoms with Gasteiger partial charge >= 0.3 is 0 Å². The third-order valence-corrected chi connectivity index (χ3v) is 7.95. The minimum Gasteiger partial charge on any atom is -0.314 e. The maximum atomic E-state index is 13.0. The van der Waals surface area contributed by atoms with Crippen LogP contribution in [0.5, 0.6) is 0 Å². The molecule has 0 amide bonds. The topological polar surface area (TPSA) is 20.3 Å². The Kier molecular flexibility index (Phi) is 7.27. The highest BCUT2D eigenvalue weighted by atomic mass is 31.2. The van der Waals surface area contributed by atoms with Crippen molar-refractivity contribution in [1.82, 2.24) is 4.90 Å². The Bertz CT molecular complexity index is 580. The van der Waals surface area contributed by atoms with Crippen LogP contribution in [-0.2, 0) is 4.57 Å². The van der Waals surface area contributed by atoms with Crippen molar-refractivity contribution in [3.63, 3.8) is 0 Å². The quantitative estimate of drug-likeness (QED) is 0.772. The molecule has 0 unspecified atom stereocenters. The highest BCUT2D eigenvalue weighted by Crippen LogP contribution is 2.42. The lowest BCUT2D eigenvalue weighted by molar-refractivity contribution is 0.230. The van der Waals surface area contributed by atoms with E-state index in [9.17, 15) is 4.57 Å². The smallest absolute Gasteiger partial charge is 0.142 e. The van der Waals surface area contributed by atoms with Gasteiger partial charge in [-0.1, -0.05) is 74.5 Å². The summed E-state index contributed by atoms with van der Waals surface area (Å²) < 4.78 is 13.0. The minimum absolute atomic E-state index is 0.668. The Balaban J connectivity index is 0.000000219. The molecule has 2 aromatic rings. The average molecular weight is 343 g/mol. The summed E-state index contributed by atoms with van der Waals surface area (Å²) in [5.41, 5.74) is 0. The van der Waals surface area contributed by atoms with Crippen molar-refractivity contribution >= 4 is 17.8 Å². The van der Waals surface area contributed by atoms with Crippen molar-refractivity contribution in [3.8, 4) is 0 Å². The zero-order valence-electron chi connectivity index (χ0n) is 15.2. The number of likely N-dealkylation sites (tertiary alicyclic amines) is 1. The molecule has 0 N–H and O–H groups in total. The van der Waals surface area contributed by atoms with E-state index >= 15 is 0 Å². The van der Waals surface area contributed by atoms with Gasteiger partial charge in [0.2, 0.25) is 0 Å². The van der Waals surface area contributed by atoms with Crippen LogP contribution in [0, 0.1) is 5.92 Å². The second-order valence-corrected chi connectivity index (χ2v) is 9.86. The number of hydrogen-bond donors (Lipinski definition) is 0. The Hall–Kier alpha value is -1.37. The monoisotopic (exact) mass is 343 g/mol. The molecule has 0 radical (unpaired) electrons. The summed E-state index contributed by atoms with van der Waals surface area (Å²) in [6.45, 7) is 6.94. The molecule has 3 heteroatoms. The van der Waals surface area contributed by atoms with Crippen LogP contribution in [0.15, 0.2) is 60.7 Å². The molecule has 0 aromatic heterocycles. The fourth-order valence-corrected chi connectivity index (χ4v) is 5.33. The lowest BCUT2D eigenvalue weighted by atomic mass is 10.00. The van der Waals surface area contributed by atoms with Gasteiger partial charge in [-0.15, -0.1) is 0 Å². The zero-order valence-corrected chi connectivity index (χ0v) is 16.1. The van der Waals surface area contributed by atoms with Crippen LogP contribution in [0.25, 0.3) is 0 Å². The van der Waals surface area contributed by atoms with E-state index < -0.39 is 7.14 Å². The van der Waals surface area contributed by atoms with Crippen LogP contribution in [0.3, 0.4) is 0 Å². The van der Waals surface area contributed by atoms with E-state index in [0.717, 1.165) is 16.5 Å². The Morgan fingerprint density at radius 1 is 0.917 bits per heavy atom. The predicted molar refractivity (Wildman–Crippen MR) is 106 cm³/mol. The van der Waals surface area contributed by atoms with E-state index in [4.69, 9.17) is 0 Å². The van der Waals surface area contributed by atoms with Gasteiger partial charge in [-0.2, -0.15) is 0 Å². The molecule has 1 fully saturated rings. The first-order valence-electron chi connectivity index (χ1n) is 8.95. The molecule has 0 spiro atoms. The van der Waals surface area contributed by atoms with Crippen molar-refractivity contribution in [2.24, 2.45) is 5.92 Å². The summed E-state index contributed by atoms with van der Waals surface area (Å²) in [6, 6.07) is 19.5. The molecule has 3 rings (SSSR count). The van der Waals surface area contributed by atoms with Gasteiger partial charge in [-0.3, -0.25) is 0 Å². The van der Waals surface area contributed by atoms with Crippen LogP contribution in [0.4, 0.5) is 0 Å². The normalized spacial score (nSPS) is 16.3. The first-order valence-corrected chi connectivity index (χ1v) is 10.8. The Morgan fingerprint density at radius 3 is 1.67 bits per heavy atom. The van der Waals surface area contributed by atoms with Crippen molar-refractivity contribution < 1.29 is 4.57 Å². The van der Waals surface area contributed by atoms with E-state index in [0.29, 0.717) is 6.16 Å². The van der Waals surface area contributed by atoms with E-state index in [1.54, 1.807) is 0 Å². The molecule has 1 aliphatic heterocycles. The molecule has 0 bridgehead atoms. The Labute approximate surface area is 147 Å². The molecule has 0 atom stereocenters. The van der Waals surface area contributed by atoms with Crippen molar-refractivity contribution in [2.45, 2.75) is 26.7 Å².